The third kappa shape index (κ3) is 5.78. The third-order valence-corrected chi connectivity index (χ3v) is 4.34. The van der Waals surface area contributed by atoms with Crippen LogP contribution in [-0.4, -0.2) is 35.5 Å². The van der Waals surface area contributed by atoms with Crippen LogP contribution in [0.1, 0.15) is 5.56 Å². The van der Waals surface area contributed by atoms with Crippen molar-refractivity contribution in [2.75, 3.05) is 12.8 Å². The van der Waals surface area contributed by atoms with Gasteiger partial charge in [0.2, 0.25) is 11.6 Å². The predicted octanol–water partition coefficient (Wildman–Crippen LogP) is 4.13. The van der Waals surface area contributed by atoms with Gasteiger partial charge in [0.15, 0.2) is 4.90 Å². The molecule has 1 rings (SSSR count). The summed E-state index contributed by atoms with van der Waals surface area (Å²) in [6, 6.07) is 1.98. The smallest absolute Gasteiger partial charge is 0.449 e. The summed E-state index contributed by atoms with van der Waals surface area (Å²) in [7, 11) is 0.983. The maximum atomic E-state index is 12.7. The van der Waals surface area contributed by atoms with Gasteiger partial charge in [-0.25, -0.2) is 4.99 Å². The average molecular weight is 381 g/mol. The molecule has 0 heterocycles. The monoisotopic (exact) mass is 380 g/mol. The zero-order valence-corrected chi connectivity index (χ0v) is 13.3. The Balaban J connectivity index is 3.31. The van der Waals surface area contributed by atoms with Crippen LogP contribution in [0.3, 0.4) is 0 Å². The summed E-state index contributed by atoms with van der Waals surface area (Å²) >= 11 is 3.29. The SMILES string of the molecule is CN/C(=N\c1cc([S+]([O-])CC(F)(F)F)c(C)cc1Cl)C(F)(F)F. The van der Waals surface area contributed by atoms with Crippen molar-refractivity contribution in [3.8, 4) is 0 Å². The second-order valence-electron chi connectivity index (χ2n) is 4.38. The minimum atomic E-state index is -4.80. The van der Waals surface area contributed by atoms with Gasteiger partial charge in [-0.15, -0.1) is 0 Å². The molecule has 1 unspecified atom stereocenters. The average Bonchev–Trinajstić information content (AvgIpc) is 2.33. The molecule has 3 nitrogen and oxygen atoms in total. The molecule has 23 heavy (non-hydrogen) atoms. The van der Waals surface area contributed by atoms with Crippen LogP contribution in [0.4, 0.5) is 32.0 Å². The lowest BCUT2D eigenvalue weighted by Gasteiger charge is -2.16. The fourth-order valence-corrected chi connectivity index (χ4v) is 2.96. The van der Waals surface area contributed by atoms with Gasteiger partial charge in [-0.3, -0.25) is 0 Å². The van der Waals surface area contributed by atoms with Crippen molar-refractivity contribution in [1.29, 1.82) is 0 Å². The standard InChI is InChI=1S/C12H11ClF6N2OS/c1-6-3-7(13)8(21-10(20-2)12(17,18)19)4-9(6)23(22)5-11(14,15)16/h3-4H,5H2,1-2H3,(H,20,21). The minimum absolute atomic E-state index is 0.162. The Morgan fingerprint density at radius 3 is 2.26 bits per heavy atom. The van der Waals surface area contributed by atoms with E-state index in [1.807, 2.05) is 5.32 Å². The molecule has 0 aliphatic carbocycles. The molecule has 1 N–H and O–H groups in total. The van der Waals surface area contributed by atoms with Gasteiger partial charge in [-0.05, 0) is 24.2 Å². The number of nitrogens with zero attached hydrogens (tertiary/aromatic N) is 1. The number of aliphatic imine (C=N–C) groups is 1. The quantitative estimate of drug-likeness (QED) is 0.371. The maximum Gasteiger partial charge on any atom is 0.449 e. The van der Waals surface area contributed by atoms with Crippen LogP contribution in [0, 0.1) is 6.92 Å². The second kappa shape index (κ2) is 7.18. The number of hydrogen-bond acceptors (Lipinski definition) is 2. The number of halogens is 7. The molecule has 0 aromatic heterocycles. The molecule has 0 saturated heterocycles. The van der Waals surface area contributed by atoms with Crippen molar-refractivity contribution < 1.29 is 30.9 Å². The van der Waals surface area contributed by atoms with E-state index in [2.05, 4.69) is 4.99 Å². The van der Waals surface area contributed by atoms with Gasteiger partial charge in [0.25, 0.3) is 0 Å². The molecule has 11 heteroatoms. The lowest BCUT2D eigenvalue weighted by atomic mass is 10.2. The lowest BCUT2D eigenvalue weighted by molar-refractivity contribution is -0.106. The molecular formula is C12H11ClF6N2OS. The number of hydrogen-bond donors (Lipinski definition) is 1. The molecule has 130 valence electrons. The Morgan fingerprint density at radius 2 is 1.83 bits per heavy atom. The fraction of sp³-hybridized carbons (Fsp3) is 0.417. The van der Waals surface area contributed by atoms with Crippen molar-refractivity contribution in [2.45, 2.75) is 24.2 Å². The third-order valence-electron chi connectivity index (χ3n) is 2.52. The van der Waals surface area contributed by atoms with E-state index in [9.17, 15) is 30.9 Å². The molecule has 0 aliphatic heterocycles. The number of benzene rings is 1. The Hall–Kier alpha value is -1.13. The molecule has 0 radical (unpaired) electrons. The Kier molecular flexibility index (Phi) is 6.22. The first kappa shape index (κ1) is 19.9. The van der Waals surface area contributed by atoms with Crippen LogP contribution in [-0.2, 0) is 11.2 Å². The molecule has 1 aromatic carbocycles. The molecule has 0 amide bonds. The van der Waals surface area contributed by atoms with Gasteiger partial charge >= 0.3 is 12.4 Å². The van der Waals surface area contributed by atoms with E-state index >= 15 is 0 Å². The Morgan fingerprint density at radius 1 is 1.26 bits per heavy atom. The lowest BCUT2D eigenvalue weighted by Crippen LogP contribution is -2.34. The summed E-state index contributed by atoms with van der Waals surface area (Å²) < 4.78 is 86.7. The zero-order valence-electron chi connectivity index (χ0n) is 11.8. The number of nitrogens with one attached hydrogen (secondary N) is 1. The van der Waals surface area contributed by atoms with Crippen molar-refractivity contribution in [1.82, 2.24) is 5.32 Å². The Labute approximate surface area is 135 Å². The van der Waals surface area contributed by atoms with Gasteiger partial charge < -0.3 is 9.87 Å². The van der Waals surface area contributed by atoms with Crippen LogP contribution in [0.5, 0.6) is 0 Å². The molecule has 0 bridgehead atoms. The molecule has 0 spiro atoms. The van der Waals surface area contributed by atoms with E-state index in [-0.39, 0.29) is 15.5 Å². The first-order valence-corrected chi connectivity index (χ1v) is 7.63. The molecule has 0 fully saturated rings. The summed E-state index contributed by atoms with van der Waals surface area (Å²) in [4.78, 5) is 2.99. The summed E-state index contributed by atoms with van der Waals surface area (Å²) in [5.74, 6) is -2.99. The summed E-state index contributed by atoms with van der Waals surface area (Å²) in [5, 5.41) is 1.63. The van der Waals surface area contributed by atoms with Gasteiger partial charge in [-0.1, -0.05) is 11.6 Å². The van der Waals surface area contributed by atoms with Crippen LogP contribution >= 0.6 is 11.6 Å². The van der Waals surface area contributed by atoms with Gasteiger partial charge in [-0.2, -0.15) is 26.3 Å². The van der Waals surface area contributed by atoms with Crippen molar-refractivity contribution in [3.05, 3.63) is 22.7 Å². The van der Waals surface area contributed by atoms with Gasteiger partial charge in [0, 0.05) is 18.7 Å². The predicted molar refractivity (Wildman–Crippen MR) is 75.7 cm³/mol. The van der Waals surface area contributed by atoms with E-state index in [1.54, 1.807) is 0 Å². The van der Waals surface area contributed by atoms with Crippen molar-refractivity contribution in [2.24, 2.45) is 4.99 Å². The zero-order chi connectivity index (χ0) is 18.0. The van der Waals surface area contributed by atoms with Crippen LogP contribution in [0.25, 0.3) is 0 Å². The largest absolute Gasteiger partial charge is 0.611 e. The van der Waals surface area contributed by atoms with Gasteiger partial charge in [0.05, 0.1) is 10.7 Å². The van der Waals surface area contributed by atoms with E-state index in [0.717, 1.165) is 19.2 Å². The minimum Gasteiger partial charge on any atom is -0.611 e. The van der Waals surface area contributed by atoms with E-state index in [4.69, 9.17) is 11.6 Å². The highest BCUT2D eigenvalue weighted by molar-refractivity contribution is 7.91. The normalized spacial score (nSPS) is 14.8. The summed E-state index contributed by atoms with van der Waals surface area (Å²) in [6.07, 6.45) is -9.48. The van der Waals surface area contributed by atoms with Gasteiger partial charge in [0.1, 0.15) is 0 Å². The molecule has 0 saturated carbocycles. The number of alkyl halides is 6. The van der Waals surface area contributed by atoms with Crippen molar-refractivity contribution >= 4 is 34.3 Å². The summed E-state index contributed by atoms with van der Waals surface area (Å²) in [5.41, 5.74) is -0.265. The second-order valence-corrected chi connectivity index (χ2v) is 6.21. The maximum absolute atomic E-state index is 12.7. The first-order valence-electron chi connectivity index (χ1n) is 5.94. The molecular weight excluding hydrogens is 370 g/mol. The molecule has 0 aliphatic rings. The van der Waals surface area contributed by atoms with Crippen LogP contribution in [0.2, 0.25) is 5.02 Å². The highest BCUT2D eigenvalue weighted by Crippen LogP contribution is 2.34. The number of rotatable bonds is 3. The van der Waals surface area contributed by atoms with E-state index in [1.165, 1.54) is 6.92 Å². The Bertz CT molecular complexity index is 602. The number of amidine groups is 1. The highest BCUT2D eigenvalue weighted by Gasteiger charge is 2.37. The van der Waals surface area contributed by atoms with Crippen LogP contribution in [0.15, 0.2) is 22.0 Å². The fourth-order valence-electron chi connectivity index (χ4n) is 1.58. The highest BCUT2D eigenvalue weighted by atomic mass is 35.5. The topological polar surface area (TPSA) is 47.5 Å². The van der Waals surface area contributed by atoms with Crippen LogP contribution < -0.4 is 5.32 Å². The van der Waals surface area contributed by atoms with E-state index < -0.39 is 40.8 Å². The number of aryl methyl sites for hydroxylation is 1. The summed E-state index contributed by atoms with van der Waals surface area (Å²) in [6.45, 7) is 1.35. The molecule has 1 aromatic rings. The van der Waals surface area contributed by atoms with E-state index in [0.29, 0.717) is 0 Å². The first-order chi connectivity index (χ1) is 10.3. The van der Waals surface area contributed by atoms with Crippen molar-refractivity contribution in [3.63, 3.8) is 0 Å². The molecule has 1 atom stereocenters.